The molecule has 0 aromatic carbocycles. The van der Waals surface area contributed by atoms with Gasteiger partial charge in [0.15, 0.2) is 9.84 Å². The van der Waals surface area contributed by atoms with Gasteiger partial charge in [-0.1, -0.05) is 6.08 Å². The largest absolute Gasteiger partial charge is 0.229 e. The second-order valence-electron chi connectivity index (χ2n) is 3.64. The van der Waals surface area contributed by atoms with Gasteiger partial charge in [0.2, 0.25) is 0 Å². The van der Waals surface area contributed by atoms with E-state index in [9.17, 15) is 8.42 Å². The molecule has 1 fully saturated rings. The lowest BCUT2D eigenvalue weighted by atomic mass is 10.2. The van der Waals surface area contributed by atoms with Crippen molar-refractivity contribution in [3.8, 4) is 0 Å². The van der Waals surface area contributed by atoms with Crippen LogP contribution in [0.15, 0.2) is 12.7 Å². The summed E-state index contributed by atoms with van der Waals surface area (Å²) in [4.78, 5) is 0. The van der Waals surface area contributed by atoms with Gasteiger partial charge in [-0.05, 0) is 32.1 Å². The topological polar surface area (TPSA) is 34.1 Å². The number of hydrogen-bond donors (Lipinski definition) is 0. The van der Waals surface area contributed by atoms with E-state index in [1.165, 1.54) is 6.26 Å². The maximum atomic E-state index is 11.3. The minimum Gasteiger partial charge on any atom is -0.229 e. The highest BCUT2D eigenvalue weighted by atomic mass is 32.2. The third-order valence-corrected chi connectivity index (χ3v) is 4.82. The average molecular weight is 188 g/mol. The highest BCUT2D eigenvalue weighted by Crippen LogP contribution is 2.47. The SMILES string of the molecule is C=CCCCC1(S(C)(=O)=O)CC1. The molecule has 0 N–H and O–H groups in total. The Kier molecular flexibility index (Phi) is 2.61. The highest BCUT2D eigenvalue weighted by molar-refractivity contribution is 7.92. The van der Waals surface area contributed by atoms with Crippen LogP contribution in [0, 0.1) is 0 Å². The molecule has 1 aliphatic carbocycles. The van der Waals surface area contributed by atoms with Crippen LogP contribution in [0.1, 0.15) is 32.1 Å². The van der Waals surface area contributed by atoms with Gasteiger partial charge in [0.25, 0.3) is 0 Å². The molecule has 0 bridgehead atoms. The van der Waals surface area contributed by atoms with E-state index in [0.717, 1.165) is 32.1 Å². The molecule has 0 atom stereocenters. The van der Waals surface area contributed by atoms with E-state index >= 15 is 0 Å². The van der Waals surface area contributed by atoms with Gasteiger partial charge in [0.05, 0.1) is 4.75 Å². The van der Waals surface area contributed by atoms with Crippen LogP contribution in [0.3, 0.4) is 0 Å². The molecule has 70 valence electrons. The maximum absolute atomic E-state index is 11.3. The van der Waals surface area contributed by atoms with Crippen molar-refractivity contribution in [3.05, 3.63) is 12.7 Å². The van der Waals surface area contributed by atoms with Gasteiger partial charge >= 0.3 is 0 Å². The molecular weight excluding hydrogens is 172 g/mol. The third-order valence-electron chi connectivity index (χ3n) is 2.63. The van der Waals surface area contributed by atoms with E-state index in [0.29, 0.717) is 0 Å². The van der Waals surface area contributed by atoms with E-state index < -0.39 is 9.84 Å². The van der Waals surface area contributed by atoms with Crippen molar-refractivity contribution in [1.29, 1.82) is 0 Å². The van der Waals surface area contributed by atoms with Crippen molar-refractivity contribution in [2.75, 3.05) is 6.26 Å². The van der Waals surface area contributed by atoms with Gasteiger partial charge in [-0.2, -0.15) is 0 Å². The van der Waals surface area contributed by atoms with Gasteiger partial charge in [-0.3, -0.25) is 0 Å². The summed E-state index contributed by atoms with van der Waals surface area (Å²) in [7, 11) is -2.81. The fraction of sp³-hybridized carbons (Fsp3) is 0.778. The van der Waals surface area contributed by atoms with E-state index in [1.54, 1.807) is 0 Å². The Bertz CT molecular complexity index is 260. The molecule has 1 rings (SSSR count). The van der Waals surface area contributed by atoms with Crippen molar-refractivity contribution >= 4 is 9.84 Å². The molecule has 0 amide bonds. The first kappa shape index (κ1) is 9.78. The predicted molar refractivity (Wildman–Crippen MR) is 50.9 cm³/mol. The Hall–Kier alpha value is -0.310. The molecule has 2 nitrogen and oxygen atoms in total. The lowest BCUT2D eigenvalue weighted by molar-refractivity contribution is 0.568. The first-order valence-corrected chi connectivity index (χ1v) is 6.21. The number of rotatable bonds is 5. The Morgan fingerprint density at radius 3 is 2.42 bits per heavy atom. The lowest BCUT2D eigenvalue weighted by Gasteiger charge is -2.11. The number of unbranched alkanes of at least 4 members (excludes halogenated alkanes) is 1. The molecule has 3 heteroatoms. The highest BCUT2D eigenvalue weighted by Gasteiger charge is 2.50. The minimum absolute atomic E-state index is 0.337. The van der Waals surface area contributed by atoms with Gasteiger partial charge < -0.3 is 0 Å². The van der Waals surface area contributed by atoms with Crippen molar-refractivity contribution in [1.82, 2.24) is 0 Å². The lowest BCUT2D eigenvalue weighted by Crippen LogP contribution is -2.21. The summed E-state index contributed by atoms with van der Waals surface area (Å²) in [5.41, 5.74) is 0. The number of hydrogen-bond acceptors (Lipinski definition) is 2. The molecule has 12 heavy (non-hydrogen) atoms. The van der Waals surface area contributed by atoms with E-state index in [4.69, 9.17) is 0 Å². The summed E-state index contributed by atoms with van der Waals surface area (Å²) >= 11 is 0. The minimum atomic E-state index is -2.81. The number of allylic oxidation sites excluding steroid dienone is 1. The molecule has 0 unspecified atom stereocenters. The van der Waals surface area contributed by atoms with Crippen LogP contribution in [0.4, 0.5) is 0 Å². The molecular formula is C9H16O2S. The standard InChI is InChI=1S/C9H16O2S/c1-3-4-5-6-9(7-8-9)12(2,10)11/h3H,1,4-8H2,2H3. The summed E-state index contributed by atoms with van der Waals surface area (Å²) in [5, 5.41) is 0. The van der Waals surface area contributed by atoms with Crippen molar-refractivity contribution < 1.29 is 8.42 Å². The van der Waals surface area contributed by atoms with Crippen molar-refractivity contribution in [2.24, 2.45) is 0 Å². The van der Waals surface area contributed by atoms with Crippen LogP contribution in [0.5, 0.6) is 0 Å². The zero-order chi connectivity index (χ0) is 9.24. The first-order valence-electron chi connectivity index (χ1n) is 4.32. The molecule has 0 heterocycles. The maximum Gasteiger partial charge on any atom is 0.153 e. The smallest absolute Gasteiger partial charge is 0.153 e. The van der Waals surface area contributed by atoms with Crippen LogP contribution in [0.25, 0.3) is 0 Å². The van der Waals surface area contributed by atoms with Crippen LogP contribution in [-0.2, 0) is 9.84 Å². The Labute approximate surface area is 74.6 Å². The Morgan fingerprint density at radius 1 is 1.50 bits per heavy atom. The van der Waals surface area contributed by atoms with Crippen LogP contribution < -0.4 is 0 Å². The summed E-state index contributed by atoms with van der Waals surface area (Å²) < 4.78 is 22.2. The molecule has 1 aliphatic rings. The molecule has 0 spiro atoms. The zero-order valence-electron chi connectivity index (χ0n) is 7.54. The third kappa shape index (κ3) is 1.89. The summed E-state index contributed by atoms with van der Waals surface area (Å²) in [6, 6.07) is 0. The van der Waals surface area contributed by atoms with Gasteiger partial charge in [-0.25, -0.2) is 8.42 Å². The fourth-order valence-electron chi connectivity index (χ4n) is 1.51. The van der Waals surface area contributed by atoms with Gasteiger partial charge in [0.1, 0.15) is 0 Å². The van der Waals surface area contributed by atoms with E-state index in [2.05, 4.69) is 6.58 Å². The molecule has 0 saturated heterocycles. The van der Waals surface area contributed by atoms with Crippen LogP contribution >= 0.6 is 0 Å². The van der Waals surface area contributed by atoms with E-state index in [1.807, 2.05) is 6.08 Å². The normalized spacial score (nSPS) is 20.4. The van der Waals surface area contributed by atoms with Gasteiger partial charge in [-0.15, -0.1) is 6.58 Å². The summed E-state index contributed by atoms with van der Waals surface area (Å²) in [5.74, 6) is 0. The second-order valence-corrected chi connectivity index (χ2v) is 6.05. The Morgan fingerprint density at radius 2 is 2.08 bits per heavy atom. The number of sulfone groups is 1. The molecule has 0 radical (unpaired) electrons. The monoisotopic (exact) mass is 188 g/mol. The molecule has 0 aromatic rings. The zero-order valence-corrected chi connectivity index (χ0v) is 8.36. The molecule has 0 aliphatic heterocycles. The molecule has 1 saturated carbocycles. The second kappa shape index (κ2) is 3.21. The quantitative estimate of drug-likeness (QED) is 0.488. The fourth-order valence-corrected chi connectivity index (χ4v) is 2.87. The predicted octanol–water partition coefficient (Wildman–Crippen LogP) is 1.92. The average Bonchev–Trinajstić information content (AvgIpc) is 2.67. The Balaban J connectivity index is 2.46. The van der Waals surface area contributed by atoms with Crippen LogP contribution in [0.2, 0.25) is 0 Å². The van der Waals surface area contributed by atoms with Crippen LogP contribution in [-0.4, -0.2) is 19.4 Å². The van der Waals surface area contributed by atoms with Crippen molar-refractivity contribution in [3.63, 3.8) is 0 Å². The van der Waals surface area contributed by atoms with Gasteiger partial charge in [0, 0.05) is 6.26 Å². The summed E-state index contributed by atoms with van der Waals surface area (Å²) in [6.07, 6.45) is 7.63. The molecule has 0 aromatic heterocycles. The van der Waals surface area contributed by atoms with E-state index in [-0.39, 0.29) is 4.75 Å². The van der Waals surface area contributed by atoms with Crippen molar-refractivity contribution in [2.45, 2.75) is 36.9 Å². The first-order chi connectivity index (χ1) is 5.52. The summed E-state index contributed by atoms with van der Waals surface area (Å²) in [6.45, 7) is 3.61.